The molecule has 0 spiro atoms. The summed E-state index contributed by atoms with van der Waals surface area (Å²) in [6, 6.07) is 9.77. The number of carbonyl (C=O) groups excluding carboxylic acids is 2. The van der Waals surface area contributed by atoms with E-state index in [0.717, 1.165) is 33.5 Å². The predicted molar refractivity (Wildman–Crippen MR) is 102 cm³/mol. The first-order valence-electron chi connectivity index (χ1n) is 9.04. The third-order valence-corrected chi connectivity index (χ3v) is 5.84. The number of nitrogens with zero attached hydrogens (tertiary/aromatic N) is 3. The number of nitro groups is 1. The van der Waals surface area contributed by atoms with Gasteiger partial charge < -0.3 is 9.88 Å². The molecule has 0 bridgehead atoms. The molecule has 1 fully saturated rings. The van der Waals surface area contributed by atoms with Crippen molar-refractivity contribution in [1.82, 2.24) is 9.88 Å². The molecule has 1 atom stereocenters. The number of urea groups is 1. The van der Waals surface area contributed by atoms with Gasteiger partial charge >= 0.3 is 6.03 Å². The van der Waals surface area contributed by atoms with Crippen molar-refractivity contribution in [3.8, 4) is 0 Å². The van der Waals surface area contributed by atoms with Crippen LogP contribution in [0.3, 0.4) is 0 Å². The summed E-state index contributed by atoms with van der Waals surface area (Å²) in [5.74, 6) is -1.42. The van der Waals surface area contributed by atoms with E-state index in [-0.39, 0.29) is 5.69 Å². The van der Waals surface area contributed by atoms with Crippen molar-refractivity contribution in [1.29, 1.82) is 0 Å². The first-order chi connectivity index (χ1) is 13.8. The maximum atomic E-state index is 13.6. The van der Waals surface area contributed by atoms with Crippen LogP contribution in [0.4, 0.5) is 20.6 Å². The number of anilines is 1. The normalized spacial score (nSPS) is 20.9. The minimum atomic E-state index is -1.33. The number of hydrogen-bond acceptors (Lipinski definition) is 4. The molecular formula is C20H15FN4O4. The van der Waals surface area contributed by atoms with E-state index in [4.69, 9.17) is 0 Å². The number of amides is 3. The Kier molecular flexibility index (Phi) is 3.37. The number of nitrogens with one attached hydrogen (secondary N) is 1. The molecule has 0 unspecified atom stereocenters. The number of halogens is 1. The number of fused-ring (bicyclic) bond motifs is 5. The van der Waals surface area contributed by atoms with Gasteiger partial charge in [0.2, 0.25) is 0 Å². The quantitative estimate of drug-likeness (QED) is 0.409. The van der Waals surface area contributed by atoms with Gasteiger partial charge in [0.25, 0.3) is 11.6 Å². The first kappa shape index (κ1) is 17.4. The fraction of sp³-hybridized carbons (Fsp3) is 0.200. The fourth-order valence-electron chi connectivity index (χ4n) is 4.44. The lowest BCUT2D eigenvalue weighted by Crippen LogP contribution is -2.49. The van der Waals surface area contributed by atoms with Crippen LogP contribution < -0.4 is 4.90 Å². The van der Waals surface area contributed by atoms with Crippen molar-refractivity contribution < 1.29 is 18.9 Å². The monoisotopic (exact) mass is 394 g/mol. The summed E-state index contributed by atoms with van der Waals surface area (Å²) >= 11 is 0. The highest BCUT2D eigenvalue weighted by Gasteiger charge is 2.59. The number of carbonyl (C=O) groups is 2. The number of H-pyrrole nitrogens is 1. The maximum absolute atomic E-state index is 13.6. The van der Waals surface area contributed by atoms with Crippen molar-refractivity contribution in [3.05, 3.63) is 69.7 Å². The minimum Gasteiger partial charge on any atom is -0.356 e. The second kappa shape index (κ2) is 5.63. The van der Waals surface area contributed by atoms with Gasteiger partial charge in [0.05, 0.1) is 16.7 Å². The molecule has 2 aromatic carbocycles. The van der Waals surface area contributed by atoms with E-state index >= 15 is 0 Å². The molecule has 1 aromatic heterocycles. The Balaban J connectivity index is 1.71. The van der Waals surface area contributed by atoms with Gasteiger partial charge in [-0.2, -0.15) is 0 Å². The number of rotatable bonds is 2. The number of aromatic nitrogens is 1. The minimum absolute atomic E-state index is 0.236. The molecule has 3 heterocycles. The van der Waals surface area contributed by atoms with Crippen molar-refractivity contribution in [2.75, 3.05) is 11.4 Å². The number of aromatic amines is 1. The van der Waals surface area contributed by atoms with Crippen molar-refractivity contribution >= 4 is 34.2 Å². The average molecular weight is 394 g/mol. The molecule has 5 rings (SSSR count). The van der Waals surface area contributed by atoms with Crippen molar-refractivity contribution in [3.63, 3.8) is 0 Å². The largest absolute Gasteiger partial charge is 0.356 e. The van der Waals surface area contributed by atoms with E-state index in [1.54, 1.807) is 6.92 Å². The predicted octanol–water partition coefficient (Wildman–Crippen LogP) is 3.46. The van der Waals surface area contributed by atoms with Crippen LogP contribution in [0.15, 0.2) is 42.5 Å². The van der Waals surface area contributed by atoms with Crippen LogP contribution in [0.2, 0.25) is 0 Å². The summed E-state index contributed by atoms with van der Waals surface area (Å²) in [6.07, 6.45) is 0.549. The lowest BCUT2D eigenvalue weighted by atomic mass is 9.87. The smallest absolute Gasteiger partial charge is 0.332 e. The molecule has 2 aliphatic heterocycles. The van der Waals surface area contributed by atoms with E-state index in [0.29, 0.717) is 24.7 Å². The topological polar surface area (TPSA) is 99.6 Å². The van der Waals surface area contributed by atoms with Gasteiger partial charge in [-0.3, -0.25) is 14.9 Å². The molecular weight excluding hydrogens is 379 g/mol. The SMILES string of the molecule is C[C@]12C(=O)N(c3ccc(F)cc3[N+](=O)[O-])C(=O)N1CCc1c2[nH]c2ccccc12. The summed E-state index contributed by atoms with van der Waals surface area (Å²) < 4.78 is 13.6. The lowest BCUT2D eigenvalue weighted by molar-refractivity contribution is -0.384. The molecule has 29 heavy (non-hydrogen) atoms. The molecule has 0 aliphatic carbocycles. The zero-order chi connectivity index (χ0) is 20.5. The second-order valence-electron chi connectivity index (χ2n) is 7.31. The number of nitro benzene ring substituents is 1. The van der Waals surface area contributed by atoms with Gasteiger partial charge in [-0.1, -0.05) is 18.2 Å². The molecule has 0 saturated carbocycles. The molecule has 8 nitrogen and oxygen atoms in total. The third-order valence-electron chi connectivity index (χ3n) is 5.84. The van der Waals surface area contributed by atoms with Crippen LogP contribution in [0, 0.1) is 15.9 Å². The van der Waals surface area contributed by atoms with Crippen LogP contribution in [0.1, 0.15) is 18.2 Å². The Hall–Kier alpha value is -3.75. The second-order valence-corrected chi connectivity index (χ2v) is 7.31. The Labute approximate surface area is 163 Å². The standard InChI is InChI=1S/C20H15FN4O4/c1-20-17-13(12-4-2-3-5-14(12)22-17)8-9-23(20)19(27)24(18(20)26)15-7-6-11(21)10-16(15)25(28)29/h2-7,10,22H,8-9H2,1H3/t20-/m0/s1. The van der Waals surface area contributed by atoms with Gasteiger partial charge in [0, 0.05) is 17.4 Å². The van der Waals surface area contributed by atoms with E-state index in [1.807, 2.05) is 24.3 Å². The number of imide groups is 1. The van der Waals surface area contributed by atoms with Crippen molar-refractivity contribution in [2.45, 2.75) is 18.9 Å². The van der Waals surface area contributed by atoms with Crippen LogP contribution in [0.25, 0.3) is 10.9 Å². The third kappa shape index (κ3) is 2.12. The van der Waals surface area contributed by atoms with Gasteiger partial charge in [-0.05, 0) is 37.1 Å². The summed E-state index contributed by atoms with van der Waals surface area (Å²) in [7, 11) is 0. The Morgan fingerprint density at radius 2 is 1.97 bits per heavy atom. The van der Waals surface area contributed by atoms with Gasteiger partial charge in [0.15, 0.2) is 5.54 Å². The van der Waals surface area contributed by atoms with Crippen molar-refractivity contribution in [2.24, 2.45) is 0 Å². The Morgan fingerprint density at radius 1 is 1.21 bits per heavy atom. The molecule has 1 N–H and O–H groups in total. The van der Waals surface area contributed by atoms with Crippen LogP contribution in [-0.4, -0.2) is 33.3 Å². The number of para-hydroxylation sites is 1. The van der Waals surface area contributed by atoms with Gasteiger partial charge in [-0.15, -0.1) is 0 Å². The fourth-order valence-corrected chi connectivity index (χ4v) is 4.44. The lowest BCUT2D eigenvalue weighted by Gasteiger charge is -2.35. The highest BCUT2D eigenvalue weighted by atomic mass is 19.1. The van der Waals surface area contributed by atoms with Crippen LogP contribution >= 0.6 is 0 Å². The number of hydrogen-bond donors (Lipinski definition) is 1. The van der Waals surface area contributed by atoms with E-state index in [9.17, 15) is 24.1 Å². The molecule has 0 radical (unpaired) electrons. The maximum Gasteiger partial charge on any atom is 0.332 e. The molecule has 2 aliphatic rings. The highest BCUT2D eigenvalue weighted by molar-refractivity contribution is 6.24. The molecule has 146 valence electrons. The van der Waals surface area contributed by atoms with E-state index < -0.39 is 33.9 Å². The average Bonchev–Trinajstić information content (AvgIpc) is 3.17. The molecule has 3 aromatic rings. The van der Waals surface area contributed by atoms with E-state index in [1.165, 1.54) is 4.90 Å². The van der Waals surface area contributed by atoms with Gasteiger partial charge in [0.1, 0.15) is 11.5 Å². The molecule has 3 amide bonds. The molecule has 9 heteroatoms. The zero-order valence-electron chi connectivity index (χ0n) is 15.3. The van der Waals surface area contributed by atoms with Gasteiger partial charge in [-0.25, -0.2) is 14.1 Å². The van der Waals surface area contributed by atoms with Crippen LogP contribution in [0.5, 0.6) is 0 Å². The highest BCUT2D eigenvalue weighted by Crippen LogP contribution is 2.46. The number of benzene rings is 2. The van der Waals surface area contributed by atoms with Crippen LogP contribution in [-0.2, 0) is 16.8 Å². The van der Waals surface area contributed by atoms with E-state index in [2.05, 4.69) is 4.98 Å². The summed E-state index contributed by atoms with van der Waals surface area (Å²) in [5.41, 5.74) is 0.219. The summed E-state index contributed by atoms with van der Waals surface area (Å²) in [6.45, 7) is 1.93. The Bertz CT molecular complexity index is 1240. The Morgan fingerprint density at radius 3 is 2.72 bits per heavy atom. The zero-order valence-corrected chi connectivity index (χ0v) is 15.3. The first-order valence-corrected chi connectivity index (χ1v) is 9.04. The summed E-state index contributed by atoms with van der Waals surface area (Å²) in [4.78, 5) is 42.7. The molecule has 1 saturated heterocycles. The summed E-state index contributed by atoms with van der Waals surface area (Å²) in [5, 5.41) is 12.4.